The zero-order valence-electron chi connectivity index (χ0n) is 6.99. The minimum absolute atomic E-state index is 0.755. The van der Waals surface area contributed by atoms with Crippen molar-refractivity contribution in [3.05, 3.63) is 0 Å². The number of hydrogen-bond acceptors (Lipinski definition) is 3. The van der Waals surface area contributed by atoms with Gasteiger partial charge in [-0.25, -0.2) is 9.03 Å². The second kappa shape index (κ2) is 4.91. The Bertz CT molecular complexity index is 386. The Morgan fingerprint density at radius 2 is 1.50 bits per heavy atom. The summed E-state index contributed by atoms with van der Waals surface area (Å²) in [5.74, 6) is -7.51. The van der Waals surface area contributed by atoms with E-state index in [1.807, 2.05) is 6.92 Å². The highest BCUT2D eigenvalue weighted by Crippen LogP contribution is 2.87. The van der Waals surface area contributed by atoms with Crippen LogP contribution in [-0.2, 0) is 0 Å². The zero-order chi connectivity index (χ0) is 11.0. The van der Waals surface area contributed by atoms with Crippen LogP contribution in [0.1, 0.15) is 13.3 Å². The van der Waals surface area contributed by atoms with E-state index in [-0.39, 0.29) is 0 Å². The van der Waals surface area contributed by atoms with Crippen LogP contribution < -0.4 is 0 Å². The van der Waals surface area contributed by atoms with Crippen molar-refractivity contribution in [2.45, 2.75) is 13.3 Å². The van der Waals surface area contributed by atoms with Gasteiger partial charge in [-0.1, -0.05) is 6.92 Å². The Balaban J connectivity index is 3.33. The first kappa shape index (κ1) is 14.4. The molecule has 0 aromatic rings. The highest BCUT2D eigenvalue weighted by atomic mass is 79.9. The molecule has 0 fully saturated rings. The highest BCUT2D eigenvalue weighted by molar-refractivity contribution is 9.40. The Hall–Kier alpha value is 2.33. The molecule has 0 aliphatic carbocycles. The predicted molar refractivity (Wildman–Crippen MR) is 75.5 cm³/mol. The van der Waals surface area contributed by atoms with Crippen molar-refractivity contribution in [1.29, 1.82) is 0 Å². The molecule has 0 radical (unpaired) electrons. The molecular formula is C3H7BrCl4N3P3. The van der Waals surface area contributed by atoms with E-state index in [9.17, 15) is 0 Å². The van der Waals surface area contributed by atoms with Crippen LogP contribution in [0.25, 0.3) is 0 Å². The van der Waals surface area contributed by atoms with E-state index in [1.54, 1.807) is 0 Å². The van der Waals surface area contributed by atoms with Gasteiger partial charge in [-0.2, -0.15) is 4.52 Å². The van der Waals surface area contributed by atoms with Crippen molar-refractivity contribution < 1.29 is 0 Å². The van der Waals surface area contributed by atoms with Gasteiger partial charge in [-0.15, -0.1) is 0 Å². The van der Waals surface area contributed by atoms with Gasteiger partial charge in [0.25, 0.3) is 11.8 Å². The van der Waals surface area contributed by atoms with E-state index in [4.69, 9.17) is 45.0 Å². The van der Waals surface area contributed by atoms with Crippen LogP contribution in [0, 0.1) is 0 Å². The van der Waals surface area contributed by atoms with Crippen LogP contribution >= 0.6 is 78.2 Å². The van der Waals surface area contributed by atoms with Gasteiger partial charge in [0, 0.05) is 6.16 Å². The Labute approximate surface area is 110 Å². The summed E-state index contributed by atoms with van der Waals surface area (Å²) in [7, 11) is 0. The highest BCUT2D eigenvalue weighted by Gasteiger charge is 2.30. The number of nitrogens with zero attached hydrogens (tertiary/aromatic N) is 3. The Morgan fingerprint density at radius 1 is 1.00 bits per heavy atom. The second-order valence-corrected chi connectivity index (χ2v) is 18.4. The Kier molecular flexibility index (Phi) is 5.04. The van der Waals surface area contributed by atoms with Gasteiger partial charge in [-0.3, -0.25) is 0 Å². The van der Waals surface area contributed by atoms with Gasteiger partial charge in [-0.05, 0) is 66.9 Å². The Morgan fingerprint density at radius 3 is 1.93 bits per heavy atom. The molecule has 14 heavy (non-hydrogen) atoms. The molecule has 0 amide bonds. The van der Waals surface area contributed by atoms with Crippen LogP contribution in [0.5, 0.6) is 0 Å². The van der Waals surface area contributed by atoms with Crippen molar-refractivity contribution in [2.75, 3.05) is 6.16 Å². The second-order valence-electron chi connectivity index (χ2n) is 2.55. The summed E-state index contributed by atoms with van der Waals surface area (Å²) < 4.78 is 12.3. The van der Waals surface area contributed by atoms with Crippen molar-refractivity contribution in [3.63, 3.8) is 0 Å². The summed E-state index contributed by atoms with van der Waals surface area (Å²) in [5.41, 5.74) is 0. The third kappa shape index (κ3) is 4.30. The first-order valence-corrected chi connectivity index (χ1v) is 14.5. The molecule has 11 heteroatoms. The van der Waals surface area contributed by atoms with E-state index in [0.29, 0.717) is 0 Å². The van der Waals surface area contributed by atoms with Crippen molar-refractivity contribution in [3.8, 4) is 0 Å². The van der Waals surface area contributed by atoms with Gasteiger partial charge < -0.3 is 0 Å². The third-order valence-corrected chi connectivity index (χ3v) is 16.4. The normalized spacial score (nSPS) is 33.9. The summed E-state index contributed by atoms with van der Waals surface area (Å²) in [6, 6.07) is 0. The summed E-state index contributed by atoms with van der Waals surface area (Å²) in [5, 5.41) is 0. The number of hydrogen-bond donors (Lipinski definition) is 0. The summed E-state index contributed by atoms with van der Waals surface area (Å²) in [6.07, 6.45) is 1.67. The molecule has 0 saturated heterocycles. The molecule has 0 spiro atoms. The van der Waals surface area contributed by atoms with Gasteiger partial charge in [0.1, 0.15) is 5.91 Å². The molecule has 84 valence electrons. The van der Waals surface area contributed by atoms with Gasteiger partial charge in [0.2, 0.25) is 0 Å². The molecule has 1 rings (SSSR count). The van der Waals surface area contributed by atoms with Crippen LogP contribution in [0.3, 0.4) is 0 Å². The average Bonchev–Trinajstić information content (AvgIpc) is 1.75. The molecule has 1 aliphatic rings. The van der Waals surface area contributed by atoms with E-state index in [2.05, 4.69) is 29.0 Å². The SMILES string of the molecule is CCCP1(Br)=NP(Cl)(Cl)=NP(Cl)(Cl)=N1. The number of rotatable bonds is 2. The average molecular weight is 400 g/mol. The summed E-state index contributed by atoms with van der Waals surface area (Å²) >= 11 is 27.1. The largest absolute Gasteiger partial charge is 0.256 e. The maximum Gasteiger partial charge on any atom is 0.256 e. The lowest BCUT2D eigenvalue weighted by Gasteiger charge is -2.21. The van der Waals surface area contributed by atoms with Crippen LogP contribution in [-0.4, -0.2) is 6.16 Å². The van der Waals surface area contributed by atoms with E-state index in [1.165, 1.54) is 0 Å². The molecular weight excluding hydrogens is 393 g/mol. The van der Waals surface area contributed by atoms with Crippen LogP contribution in [0.2, 0.25) is 0 Å². The first-order valence-electron chi connectivity index (χ1n) is 3.57. The van der Waals surface area contributed by atoms with E-state index in [0.717, 1.165) is 12.6 Å². The number of halogens is 5. The monoisotopic (exact) mass is 397 g/mol. The summed E-state index contributed by atoms with van der Waals surface area (Å²) in [6.45, 7) is 2.02. The van der Waals surface area contributed by atoms with Crippen LogP contribution in [0.4, 0.5) is 0 Å². The smallest absolute Gasteiger partial charge is 0.203 e. The zero-order valence-corrected chi connectivity index (χ0v) is 14.3. The quantitative estimate of drug-likeness (QED) is 0.427. The fourth-order valence-electron chi connectivity index (χ4n) is 0.887. The minimum atomic E-state index is -2.72. The lowest BCUT2D eigenvalue weighted by Crippen LogP contribution is -1.78. The lowest BCUT2D eigenvalue weighted by atomic mass is 10.6. The molecule has 0 bridgehead atoms. The van der Waals surface area contributed by atoms with Gasteiger partial charge in [0.05, 0.1) is 0 Å². The summed E-state index contributed by atoms with van der Waals surface area (Å²) in [4.78, 5) is 0. The molecule has 0 N–H and O–H groups in total. The fourth-order valence-corrected chi connectivity index (χ4v) is 23.7. The van der Waals surface area contributed by atoms with Crippen LogP contribution in [0.15, 0.2) is 13.5 Å². The molecule has 0 aromatic carbocycles. The van der Waals surface area contributed by atoms with E-state index >= 15 is 0 Å². The maximum absolute atomic E-state index is 5.92. The topological polar surface area (TPSA) is 37.1 Å². The maximum atomic E-state index is 5.92. The molecule has 1 heterocycles. The van der Waals surface area contributed by atoms with Crippen molar-refractivity contribution >= 4 is 78.2 Å². The molecule has 1 aliphatic heterocycles. The molecule has 0 saturated carbocycles. The minimum Gasteiger partial charge on any atom is -0.203 e. The predicted octanol–water partition coefficient (Wildman–Crippen LogP) is 7.68. The van der Waals surface area contributed by atoms with Gasteiger partial charge >= 0.3 is 0 Å². The molecule has 3 nitrogen and oxygen atoms in total. The third-order valence-electron chi connectivity index (χ3n) is 1.21. The van der Waals surface area contributed by atoms with E-state index < -0.39 is 17.7 Å². The molecule has 1 unspecified atom stereocenters. The molecule has 1 atom stereocenters. The standard InChI is InChI=1S/C3H7BrCl4N3P3/c1-2-3-12(4)9-13(5,6)11-14(7,8)10-12/h2-3H2,1H3. The lowest BCUT2D eigenvalue weighted by molar-refractivity contribution is 1.10. The molecule has 0 aromatic heterocycles. The van der Waals surface area contributed by atoms with Crippen molar-refractivity contribution in [2.24, 2.45) is 13.5 Å². The van der Waals surface area contributed by atoms with Crippen molar-refractivity contribution in [1.82, 2.24) is 0 Å². The van der Waals surface area contributed by atoms with Gasteiger partial charge in [0.15, 0.2) is 0 Å². The fraction of sp³-hybridized carbons (Fsp3) is 1.00. The first-order chi connectivity index (χ1) is 6.18.